The number of aryl methyl sites for hydroxylation is 1. The highest BCUT2D eigenvalue weighted by Gasteiger charge is 2.41. The molecule has 0 bridgehead atoms. The van der Waals surface area contributed by atoms with Crippen LogP contribution in [0.3, 0.4) is 0 Å². The van der Waals surface area contributed by atoms with Gasteiger partial charge in [0.25, 0.3) is 5.56 Å². The van der Waals surface area contributed by atoms with Crippen LogP contribution in [0, 0.1) is 6.92 Å². The van der Waals surface area contributed by atoms with Crippen molar-refractivity contribution in [3.63, 3.8) is 0 Å². The first-order valence-corrected chi connectivity index (χ1v) is 20.7. The first-order valence-electron chi connectivity index (χ1n) is 15.9. The molecule has 1 aromatic rings. The van der Waals surface area contributed by atoms with Gasteiger partial charge in [0.15, 0.2) is 6.23 Å². The number of nitrogens with one attached hydrogen (secondary N) is 1. The van der Waals surface area contributed by atoms with Crippen molar-refractivity contribution in [2.45, 2.75) is 129 Å². The van der Waals surface area contributed by atoms with E-state index in [1.165, 1.54) is 89.5 Å². The SMILES string of the molecule is CCCCCCCCCCCCCCCCCCP(=O)(O)OP(=O)(O)OP(=O)(O)OC[C@@H]1C=C[C@H](n2cc(C)c(=O)[nH]c2=O)O1. The topological polar surface area (TPSA) is 204 Å². The number of unbranched alkanes of at least 4 members (excludes halogenated alkanes) is 15. The van der Waals surface area contributed by atoms with Crippen LogP contribution in [0.25, 0.3) is 0 Å². The average molecular weight is 701 g/mol. The molecule has 260 valence electrons. The molecule has 5 atom stereocenters. The van der Waals surface area contributed by atoms with Gasteiger partial charge in [-0.25, -0.2) is 18.2 Å². The summed E-state index contributed by atoms with van der Waals surface area (Å²) in [5.74, 6) is 0. The van der Waals surface area contributed by atoms with E-state index in [1.54, 1.807) is 0 Å². The van der Waals surface area contributed by atoms with Crippen molar-refractivity contribution >= 4 is 23.2 Å². The molecular formula is C28H51N2O12P3. The van der Waals surface area contributed by atoms with Gasteiger partial charge in [-0.15, -0.1) is 0 Å². The molecule has 4 N–H and O–H groups in total. The smallest absolute Gasteiger partial charge is 0.344 e. The van der Waals surface area contributed by atoms with E-state index in [9.17, 15) is 38.0 Å². The maximum Gasteiger partial charge on any atom is 0.488 e. The molecule has 0 fully saturated rings. The summed E-state index contributed by atoms with van der Waals surface area (Å²) in [7, 11) is -15.3. The molecule has 0 saturated heterocycles. The van der Waals surface area contributed by atoms with Crippen LogP contribution in [0.2, 0.25) is 0 Å². The highest BCUT2D eigenvalue weighted by molar-refractivity contribution is 7.68. The molecule has 0 saturated carbocycles. The van der Waals surface area contributed by atoms with Crippen LogP contribution in [0.4, 0.5) is 0 Å². The first kappa shape index (κ1) is 40.0. The number of H-pyrrole nitrogens is 1. The lowest BCUT2D eigenvalue weighted by Crippen LogP contribution is -2.33. The van der Waals surface area contributed by atoms with E-state index in [0.29, 0.717) is 6.42 Å². The first-order chi connectivity index (χ1) is 21.2. The molecular weight excluding hydrogens is 649 g/mol. The second-order valence-electron chi connectivity index (χ2n) is 11.5. The zero-order valence-corrected chi connectivity index (χ0v) is 29.1. The lowest BCUT2D eigenvalue weighted by molar-refractivity contribution is -0.0104. The van der Waals surface area contributed by atoms with Gasteiger partial charge in [-0.05, 0) is 19.4 Å². The fourth-order valence-electron chi connectivity index (χ4n) is 4.92. The summed E-state index contributed by atoms with van der Waals surface area (Å²) in [6.07, 6.45) is 19.8. The summed E-state index contributed by atoms with van der Waals surface area (Å²) < 4.78 is 56.6. The Morgan fingerprint density at radius 1 is 0.778 bits per heavy atom. The number of ether oxygens (including phenoxy) is 1. The van der Waals surface area contributed by atoms with Gasteiger partial charge in [-0.3, -0.25) is 23.4 Å². The van der Waals surface area contributed by atoms with E-state index < -0.39 is 59.6 Å². The van der Waals surface area contributed by atoms with Gasteiger partial charge in [-0.2, -0.15) is 4.31 Å². The quantitative estimate of drug-likeness (QED) is 0.0463. The van der Waals surface area contributed by atoms with Crippen molar-refractivity contribution < 1.29 is 46.3 Å². The minimum Gasteiger partial charge on any atom is -0.344 e. The minimum absolute atomic E-state index is 0.259. The van der Waals surface area contributed by atoms with Crippen molar-refractivity contribution in [1.82, 2.24) is 9.55 Å². The third kappa shape index (κ3) is 17.0. The highest BCUT2D eigenvalue weighted by atomic mass is 31.3. The number of aromatic nitrogens is 2. The summed E-state index contributed by atoms with van der Waals surface area (Å²) in [6, 6.07) is 0. The third-order valence-electron chi connectivity index (χ3n) is 7.36. The molecule has 0 spiro atoms. The van der Waals surface area contributed by atoms with Gasteiger partial charge >= 0.3 is 28.9 Å². The Kier molecular flexibility index (Phi) is 18.0. The van der Waals surface area contributed by atoms with Crippen molar-refractivity contribution in [3.05, 3.63) is 44.8 Å². The summed E-state index contributed by atoms with van der Waals surface area (Å²) in [6.45, 7) is 3.09. The van der Waals surface area contributed by atoms with E-state index in [4.69, 9.17) is 9.26 Å². The summed E-state index contributed by atoms with van der Waals surface area (Å²) in [5.41, 5.74) is -1.02. The lowest BCUT2D eigenvalue weighted by Gasteiger charge is -2.20. The standard InChI is InChI=1S/C28H51N2O12P3/c1-3-4-5-6-7-8-9-10-11-12-13-14-15-16-17-18-21-43(33,34)41-45(37,38)42-44(35,36)39-23-25-19-20-26(40-25)30-22-24(2)27(31)29-28(30)32/h19-20,22,25-26H,3-18,21,23H2,1-2H3,(H,33,34)(H,35,36)(H,37,38)(H,29,31,32)/t25-,26+/m0/s1. The molecule has 0 amide bonds. The molecule has 0 aliphatic carbocycles. The molecule has 1 aromatic heterocycles. The van der Waals surface area contributed by atoms with Crippen LogP contribution in [0.1, 0.15) is 121 Å². The number of hydrogen-bond acceptors (Lipinski definition) is 9. The zero-order valence-electron chi connectivity index (χ0n) is 26.4. The van der Waals surface area contributed by atoms with Gasteiger partial charge in [-0.1, -0.05) is 109 Å². The molecule has 2 heterocycles. The van der Waals surface area contributed by atoms with Crippen LogP contribution in [-0.4, -0.2) is 43.1 Å². The van der Waals surface area contributed by atoms with Crippen molar-refractivity contribution in [3.8, 4) is 0 Å². The Morgan fingerprint density at radius 3 is 1.82 bits per heavy atom. The number of rotatable bonds is 25. The van der Waals surface area contributed by atoms with Crippen LogP contribution in [0.15, 0.2) is 27.9 Å². The maximum absolute atomic E-state index is 12.3. The van der Waals surface area contributed by atoms with Crippen LogP contribution >= 0.6 is 23.2 Å². The third-order valence-corrected chi connectivity index (χ3v) is 12.2. The normalized spacial score (nSPS) is 20.6. The minimum atomic E-state index is -5.45. The average Bonchev–Trinajstić information content (AvgIpc) is 3.41. The molecule has 14 nitrogen and oxygen atoms in total. The zero-order chi connectivity index (χ0) is 33.3. The second kappa shape index (κ2) is 20.3. The van der Waals surface area contributed by atoms with Crippen LogP contribution < -0.4 is 11.2 Å². The van der Waals surface area contributed by atoms with E-state index in [2.05, 4.69) is 20.5 Å². The summed E-state index contributed by atoms with van der Waals surface area (Å²) in [4.78, 5) is 55.4. The predicted octanol–water partition coefficient (Wildman–Crippen LogP) is 7.00. The Morgan fingerprint density at radius 2 is 1.29 bits per heavy atom. The van der Waals surface area contributed by atoms with E-state index >= 15 is 0 Å². The molecule has 1 aliphatic rings. The number of hydrogen-bond donors (Lipinski definition) is 4. The highest BCUT2D eigenvalue weighted by Crippen LogP contribution is 2.67. The molecule has 2 rings (SSSR count). The van der Waals surface area contributed by atoms with Gasteiger partial charge in [0, 0.05) is 11.8 Å². The number of phosphoric acid groups is 2. The summed E-state index contributed by atoms with van der Waals surface area (Å²) >= 11 is 0. The lowest BCUT2D eigenvalue weighted by atomic mass is 10.0. The van der Waals surface area contributed by atoms with Gasteiger partial charge < -0.3 is 19.4 Å². The maximum atomic E-state index is 12.3. The predicted molar refractivity (Wildman–Crippen MR) is 171 cm³/mol. The van der Waals surface area contributed by atoms with E-state index in [1.807, 2.05) is 0 Å². The Balaban J connectivity index is 1.58. The molecule has 1 aliphatic heterocycles. The second-order valence-corrected chi connectivity index (χ2v) is 16.7. The van der Waals surface area contributed by atoms with Crippen molar-refractivity contribution in [2.75, 3.05) is 12.8 Å². The fourth-order valence-corrected chi connectivity index (χ4v) is 9.11. The van der Waals surface area contributed by atoms with E-state index in [0.717, 1.165) is 30.3 Å². The molecule has 0 radical (unpaired) electrons. The fraction of sp³-hybridized carbons (Fsp3) is 0.786. The largest absolute Gasteiger partial charge is 0.488 e. The monoisotopic (exact) mass is 700 g/mol. The summed E-state index contributed by atoms with van der Waals surface area (Å²) in [5, 5.41) is 0. The number of aromatic amines is 1. The van der Waals surface area contributed by atoms with Crippen LogP contribution in [-0.2, 0) is 31.6 Å². The van der Waals surface area contributed by atoms with Gasteiger partial charge in [0.05, 0.1) is 12.8 Å². The number of nitrogens with zero attached hydrogens (tertiary/aromatic N) is 1. The van der Waals surface area contributed by atoms with Crippen molar-refractivity contribution in [1.29, 1.82) is 0 Å². The number of phosphoric ester groups is 1. The van der Waals surface area contributed by atoms with Gasteiger partial charge in [0.1, 0.15) is 6.10 Å². The molecule has 0 aromatic carbocycles. The van der Waals surface area contributed by atoms with E-state index in [-0.39, 0.29) is 12.0 Å². The Bertz CT molecular complexity index is 1310. The van der Waals surface area contributed by atoms with Crippen LogP contribution in [0.5, 0.6) is 0 Å². The molecule has 45 heavy (non-hydrogen) atoms. The van der Waals surface area contributed by atoms with Gasteiger partial charge in [0.2, 0.25) is 0 Å². The van der Waals surface area contributed by atoms with Crippen molar-refractivity contribution in [2.24, 2.45) is 0 Å². The Labute approximate surface area is 265 Å². The molecule has 17 heteroatoms. The Hall–Kier alpha value is -1.17. The molecule has 3 unspecified atom stereocenters.